The van der Waals surface area contributed by atoms with Crippen LogP contribution in [0.4, 0.5) is 17.5 Å². The van der Waals surface area contributed by atoms with Crippen LogP contribution in [0.25, 0.3) is 39.5 Å². The number of carbonyl (C=O) groups is 3. The van der Waals surface area contributed by atoms with Gasteiger partial charge in [0.15, 0.2) is 28.4 Å². The Bertz CT molecular complexity index is 4640. The Morgan fingerprint density at radius 3 is 1.42 bits per heavy atom. The van der Waals surface area contributed by atoms with Gasteiger partial charge in [-0.3, -0.25) is 29.1 Å². The summed E-state index contributed by atoms with van der Waals surface area (Å²) in [7, 11) is 0. The number of hydrogen-bond acceptors (Lipinski definition) is 17. The fraction of sp³-hybridized carbons (Fsp3) is 0.474. The second-order valence-electron chi connectivity index (χ2n) is 30.0. The van der Waals surface area contributed by atoms with Crippen LogP contribution in [0.3, 0.4) is 0 Å². The number of fused-ring (bicyclic) bond motifs is 3. The summed E-state index contributed by atoms with van der Waals surface area (Å²) in [6.45, 7) is 27.7. The van der Waals surface area contributed by atoms with E-state index in [1.54, 1.807) is 24.7 Å². The van der Waals surface area contributed by atoms with Gasteiger partial charge in [-0.15, -0.1) is 0 Å². The standard InChI is InChI=1S/C27H30N6O2.C26H30N8O.C25H35N7O/c1-18-11-13-31(16-18)26-19(2)17-33-25(28-26)15-21(29-33)23-10-6-7-12-32(23)27(34)22-14-24(35-30-22)20-8-4-3-5-9-20;1-17-8-11-32(15-17)25-18(2)16-34-24(28-25)13-21(31-34)23-7-3-4-10-33(23)26(35)22-12-20(29-30-22)19-6-5-9-27-14-19;1-16(2)32-23(18(4)13-26-32)25(33)30-10-7-6-8-21(30)20-12-22-27-24(19(5)15-31(22)28-20)29-11-9-17(3)14-29/h3-5,8-9,14-15,17-18,23H,6-7,10-13,16H2,1-2H3;5-6,9,12-14,16-17,23H,3-4,7-8,10-11,15H2,1-2H3,(H,29,30);12-13,15-17,21H,6-11,14H2,1-5H3/t18-,23-;17-,23-;17-,21-/m000/s1. The lowest BCUT2D eigenvalue weighted by Gasteiger charge is -2.35. The Labute approximate surface area is 600 Å². The molecule has 1 N–H and O–H groups in total. The minimum atomic E-state index is -0.117. The quantitative estimate of drug-likeness (QED) is 0.119. The molecule has 0 spiro atoms. The number of carbonyl (C=O) groups excluding carboxylic acids is 3. The summed E-state index contributed by atoms with van der Waals surface area (Å²) in [6, 6.07) is 23.1. The van der Waals surface area contributed by atoms with Crippen LogP contribution in [0.2, 0.25) is 0 Å². The molecule has 6 atom stereocenters. The maximum atomic E-state index is 13.7. The first-order valence-electron chi connectivity index (χ1n) is 37.3. The first kappa shape index (κ1) is 68.4. The fourth-order valence-electron chi connectivity index (χ4n) is 16.1. The van der Waals surface area contributed by atoms with Crippen molar-refractivity contribution in [3.63, 3.8) is 0 Å². The van der Waals surface area contributed by atoms with E-state index >= 15 is 0 Å². The van der Waals surface area contributed by atoms with Crippen molar-refractivity contribution in [1.82, 2.24) is 88.6 Å². The van der Waals surface area contributed by atoms with Gasteiger partial charge in [-0.1, -0.05) is 56.3 Å². The van der Waals surface area contributed by atoms with Crippen LogP contribution >= 0.6 is 0 Å². The third-order valence-electron chi connectivity index (χ3n) is 21.6. The molecule has 6 fully saturated rings. The minimum absolute atomic E-state index is 0.0431. The number of benzene rings is 1. The Morgan fingerprint density at radius 1 is 0.505 bits per heavy atom. The summed E-state index contributed by atoms with van der Waals surface area (Å²) in [5, 5.41) is 30.5. The van der Waals surface area contributed by atoms with E-state index < -0.39 is 0 Å². The van der Waals surface area contributed by atoms with E-state index in [1.807, 2.05) is 101 Å². The minimum Gasteiger partial charge on any atom is -0.356 e. The molecule has 6 saturated heterocycles. The number of nitrogens with zero attached hydrogens (tertiary/aromatic N) is 20. The zero-order valence-corrected chi connectivity index (χ0v) is 60.9. The third-order valence-corrected chi connectivity index (χ3v) is 21.6. The Kier molecular flexibility index (Phi) is 19.4. The summed E-state index contributed by atoms with van der Waals surface area (Å²) in [5.74, 6) is 5.71. The molecule has 0 aliphatic carbocycles. The first-order chi connectivity index (χ1) is 50.0. The van der Waals surface area contributed by atoms with Gasteiger partial charge in [-0.25, -0.2) is 28.5 Å². The number of nitrogens with one attached hydrogen (secondary N) is 1. The highest BCUT2D eigenvalue weighted by molar-refractivity contribution is 5.95. The highest BCUT2D eigenvalue weighted by Crippen LogP contribution is 2.38. The lowest BCUT2D eigenvalue weighted by molar-refractivity contribution is 0.0585. The number of pyridine rings is 1. The van der Waals surface area contributed by atoms with Gasteiger partial charge in [-0.2, -0.15) is 25.5 Å². The molecule has 103 heavy (non-hydrogen) atoms. The van der Waals surface area contributed by atoms with Crippen LogP contribution in [0.15, 0.2) is 115 Å². The van der Waals surface area contributed by atoms with E-state index in [1.165, 1.54) is 19.3 Å². The smallest absolute Gasteiger partial charge is 0.276 e. The average molecular weight is 1390 g/mol. The number of amides is 3. The highest BCUT2D eigenvalue weighted by atomic mass is 16.5. The molecule has 0 bridgehead atoms. The number of aromatic amines is 1. The van der Waals surface area contributed by atoms with Crippen molar-refractivity contribution in [2.24, 2.45) is 17.8 Å². The Morgan fingerprint density at radius 2 is 0.971 bits per heavy atom. The molecule has 6 aliphatic heterocycles. The third kappa shape index (κ3) is 14.1. The molecular formula is C78H95N21O4. The van der Waals surface area contributed by atoms with Gasteiger partial charge < -0.3 is 33.9 Å². The topological polar surface area (TPSA) is 247 Å². The van der Waals surface area contributed by atoms with Gasteiger partial charge in [0.2, 0.25) is 0 Å². The summed E-state index contributed by atoms with van der Waals surface area (Å²) in [4.78, 5) is 72.8. The Hall–Kier alpha value is -10.3. The van der Waals surface area contributed by atoms with Crippen molar-refractivity contribution in [2.45, 2.75) is 164 Å². The van der Waals surface area contributed by atoms with Crippen LogP contribution in [0, 0.1) is 45.4 Å². The monoisotopic (exact) mass is 1390 g/mol. The van der Waals surface area contributed by atoms with E-state index in [-0.39, 0.29) is 41.9 Å². The molecule has 1 aromatic carbocycles. The summed E-state index contributed by atoms with van der Waals surface area (Å²) < 4.78 is 13.0. The van der Waals surface area contributed by atoms with Crippen molar-refractivity contribution in [1.29, 1.82) is 0 Å². The lowest BCUT2D eigenvalue weighted by Crippen LogP contribution is -2.40. The van der Waals surface area contributed by atoms with Crippen LogP contribution in [-0.2, 0) is 0 Å². The van der Waals surface area contributed by atoms with Gasteiger partial charge in [0.1, 0.15) is 28.8 Å². The van der Waals surface area contributed by atoms with E-state index in [2.05, 4.69) is 120 Å². The molecule has 25 heteroatoms. The second-order valence-corrected chi connectivity index (χ2v) is 30.0. The maximum absolute atomic E-state index is 13.7. The van der Waals surface area contributed by atoms with E-state index in [0.29, 0.717) is 59.4 Å². The first-order valence-corrected chi connectivity index (χ1v) is 37.3. The number of piperidine rings is 3. The number of likely N-dealkylation sites (tertiary alicyclic amines) is 3. The van der Waals surface area contributed by atoms with Crippen molar-refractivity contribution in [3.8, 4) is 22.6 Å². The Balaban J connectivity index is 0.000000125. The molecule has 6 aliphatic rings. The van der Waals surface area contributed by atoms with Gasteiger partial charge in [-0.05, 0) is 155 Å². The number of aromatic nitrogens is 15. The van der Waals surface area contributed by atoms with Gasteiger partial charge in [0.25, 0.3) is 17.7 Å². The number of rotatable bonds is 12. The number of H-pyrrole nitrogens is 1. The fourth-order valence-corrected chi connectivity index (χ4v) is 16.1. The highest BCUT2D eigenvalue weighted by Gasteiger charge is 2.37. The SMILES string of the molecule is Cc1cn2nc([C@@H]3CCCCN3C(=O)c3c(C)cnn3C(C)C)cc2nc1N1CC[C@H](C)C1.Cc1cn2nc([C@@H]3CCCCN3C(=O)c3cc(-c4ccccc4)on3)cc2nc1N1CC[C@H](C)C1.Cc1cn2nc([C@@H]3CCCCN3C(=O)c3cc(-c4cccnc4)n[nH]3)cc2nc1N1CC[C@H](C)C1. The predicted octanol–water partition coefficient (Wildman–Crippen LogP) is 13.3. The van der Waals surface area contributed by atoms with Crippen molar-refractivity contribution < 1.29 is 18.9 Å². The van der Waals surface area contributed by atoms with Crippen LogP contribution in [-0.4, -0.2) is 165 Å². The van der Waals surface area contributed by atoms with Crippen molar-refractivity contribution in [3.05, 3.63) is 166 Å². The van der Waals surface area contributed by atoms with Crippen molar-refractivity contribution >= 4 is 52.1 Å². The molecule has 0 unspecified atom stereocenters. The molecule has 17 rings (SSSR count). The normalized spacial score (nSPS) is 20.9. The summed E-state index contributed by atoms with van der Waals surface area (Å²) >= 11 is 0. The predicted molar refractivity (Wildman–Crippen MR) is 395 cm³/mol. The van der Waals surface area contributed by atoms with E-state index in [4.69, 9.17) is 34.8 Å². The van der Waals surface area contributed by atoms with Crippen LogP contribution in [0.1, 0.15) is 207 Å². The molecular weight excluding hydrogens is 1300 g/mol. The van der Waals surface area contributed by atoms with Crippen molar-refractivity contribution in [2.75, 3.05) is 73.6 Å². The molecule has 25 nitrogen and oxygen atoms in total. The second kappa shape index (κ2) is 29.2. The average Bonchev–Trinajstić information content (AvgIpc) is 1.65. The molecule has 11 aromatic rings. The van der Waals surface area contributed by atoms with Gasteiger partial charge in [0, 0.05) is 154 Å². The number of aryl methyl sites for hydroxylation is 4. The number of hydrogen-bond donors (Lipinski definition) is 1. The van der Waals surface area contributed by atoms with Gasteiger partial charge in [0.05, 0.1) is 47.1 Å². The largest absolute Gasteiger partial charge is 0.356 e. The number of anilines is 3. The summed E-state index contributed by atoms with van der Waals surface area (Å²) in [5.41, 5.74) is 13.5. The van der Waals surface area contributed by atoms with E-state index in [9.17, 15) is 14.4 Å². The lowest BCUT2D eigenvalue weighted by atomic mass is 9.98. The zero-order valence-electron chi connectivity index (χ0n) is 60.9. The molecule has 0 saturated carbocycles. The molecule has 0 radical (unpaired) electrons. The molecule has 10 aromatic heterocycles. The molecule has 16 heterocycles. The zero-order chi connectivity index (χ0) is 71.2. The molecule has 3 amide bonds. The van der Waals surface area contributed by atoms with Crippen LogP contribution < -0.4 is 14.7 Å². The van der Waals surface area contributed by atoms with Crippen LogP contribution in [0.5, 0.6) is 0 Å². The van der Waals surface area contributed by atoms with Gasteiger partial charge >= 0.3 is 0 Å². The van der Waals surface area contributed by atoms with E-state index in [0.717, 1.165) is 188 Å². The maximum Gasteiger partial charge on any atom is 0.276 e. The molecule has 536 valence electrons. The summed E-state index contributed by atoms with van der Waals surface area (Å²) in [6.07, 6.45) is 23.9.